The molecule has 3 aromatic heterocycles. The highest BCUT2D eigenvalue weighted by atomic mass is 35.5. The minimum absolute atomic E-state index is 0.0527. The van der Waals surface area contributed by atoms with Gasteiger partial charge in [0.25, 0.3) is 5.91 Å². The Kier molecular flexibility index (Phi) is 6.75. The number of rotatable bonds is 8. The highest BCUT2D eigenvalue weighted by Crippen LogP contribution is 2.41. The second-order valence-corrected chi connectivity index (χ2v) is 10.9. The molecule has 1 aromatic carbocycles. The number of fused-ring (bicyclic) bond motifs is 1. The standard InChI is InChI=1S/C28H29Cl2N5O/c1-4-28(2,3)34(17-20-9-10-21(29)12-24(20)30)27(36)22-13-25(19-7-8-19)33-26-23(22)15-32-35(26)16-18-6-5-11-31-14-18/h5-6,9-15,19H,4,7-8,16-17H2,1-3H3. The smallest absolute Gasteiger partial charge is 0.255 e. The third-order valence-corrected chi connectivity index (χ3v) is 7.68. The number of benzene rings is 1. The molecular weight excluding hydrogens is 493 g/mol. The maximum Gasteiger partial charge on any atom is 0.255 e. The van der Waals surface area contributed by atoms with E-state index in [2.05, 4.69) is 30.9 Å². The Morgan fingerprint density at radius 2 is 1.97 bits per heavy atom. The maximum absolute atomic E-state index is 14.3. The van der Waals surface area contributed by atoms with Crippen molar-refractivity contribution in [3.05, 3.63) is 87.4 Å². The molecule has 6 nitrogen and oxygen atoms in total. The van der Waals surface area contributed by atoms with Gasteiger partial charge in [0.2, 0.25) is 0 Å². The fourth-order valence-electron chi connectivity index (χ4n) is 4.33. The van der Waals surface area contributed by atoms with Crippen LogP contribution < -0.4 is 0 Å². The summed E-state index contributed by atoms with van der Waals surface area (Å²) in [7, 11) is 0. The van der Waals surface area contributed by atoms with Gasteiger partial charge in [-0.2, -0.15) is 5.10 Å². The molecule has 1 saturated carbocycles. The molecule has 5 rings (SSSR count). The number of carbonyl (C=O) groups is 1. The summed E-state index contributed by atoms with van der Waals surface area (Å²) in [5.41, 5.74) is 3.80. The first-order valence-electron chi connectivity index (χ1n) is 12.3. The minimum atomic E-state index is -0.402. The van der Waals surface area contributed by atoms with Gasteiger partial charge in [0.05, 0.1) is 23.7 Å². The zero-order chi connectivity index (χ0) is 25.4. The number of amides is 1. The molecule has 0 radical (unpaired) electrons. The summed E-state index contributed by atoms with van der Waals surface area (Å²) >= 11 is 12.6. The Bertz CT molecular complexity index is 1410. The van der Waals surface area contributed by atoms with Crippen molar-refractivity contribution in [1.29, 1.82) is 0 Å². The number of nitrogens with zero attached hydrogens (tertiary/aromatic N) is 5. The van der Waals surface area contributed by atoms with Crippen LogP contribution in [-0.2, 0) is 13.1 Å². The second kappa shape index (κ2) is 9.83. The van der Waals surface area contributed by atoms with Crippen molar-refractivity contribution in [3.8, 4) is 0 Å². The normalized spacial score (nSPS) is 13.8. The lowest BCUT2D eigenvalue weighted by atomic mass is 9.96. The van der Waals surface area contributed by atoms with Crippen LogP contribution in [0.3, 0.4) is 0 Å². The number of hydrogen-bond acceptors (Lipinski definition) is 4. The van der Waals surface area contributed by atoms with Crippen LogP contribution >= 0.6 is 23.2 Å². The van der Waals surface area contributed by atoms with Crippen molar-refractivity contribution in [2.75, 3.05) is 0 Å². The fourth-order valence-corrected chi connectivity index (χ4v) is 4.80. The highest BCUT2D eigenvalue weighted by molar-refractivity contribution is 6.35. The molecule has 0 aliphatic heterocycles. The van der Waals surface area contributed by atoms with Crippen molar-refractivity contribution in [3.63, 3.8) is 0 Å². The summed E-state index contributed by atoms with van der Waals surface area (Å²) < 4.78 is 1.86. The van der Waals surface area contributed by atoms with Gasteiger partial charge in [0.1, 0.15) is 0 Å². The van der Waals surface area contributed by atoms with E-state index in [-0.39, 0.29) is 5.91 Å². The molecule has 0 spiro atoms. The van der Waals surface area contributed by atoms with Crippen LogP contribution in [0.25, 0.3) is 11.0 Å². The summed E-state index contributed by atoms with van der Waals surface area (Å²) in [6.07, 6.45) is 8.30. The van der Waals surface area contributed by atoms with E-state index in [9.17, 15) is 4.79 Å². The van der Waals surface area contributed by atoms with Gasteiger partial charge < -0.3 is 4.90 Å². The van der Waals surface area contributed by atoms with Crippen LogP contribution in [0, 0.1) is 0 Å². The molecule has 0 N–H and O–H groups in total. The zero-order valence-corrected chi connectivity index (χ0v) is 22.2. The van der Waals surface area contributed by atoms with Crippen molar-refractivity contribution in [1.82, 2.24) is 24.6 Å². The molecule has 36 heavy (non-hydrogen) atoms. The third kappa shape index (κ3) is 4.97. The summed E-state index contributed by atoms with van der Waals surface area (Å²) in [5, 5.41) is 6.50. The predicted molar refractivity (Wildman–Crippen MR) is 144 cm³/mol. The number of carbonyl (C=O) groups excluding carboxylic acids is 1. The van der Waals surface area contributed by atoms with Crippen LogP contribution in [0.5, 0.6) is 0 Å². The molecule has 8 heteroatoms. The minimum Gasteiger partial charge on any atom is -0.329 e. The molecule has 4 aromatic rings. The van der Waals surface area contributed by atoms with Gasteiger partial charge in [-0.3, -0.25) is 9.78 Å². The van der Waals surface area contributed by atoms with Gasteiger partial charge in [-0.1, -0.05) is 42.3 Å². The lowest BCUT2D eigenvalue weighted by Crippen LogP contribution is -2.47. The molecule has 0 atom stereocenters. The lowest BCUT2D eigenvalue weighted by Gasteiger charge is -2.38. The van der Waals surface area contributed by atoms with E-state index in [1.807, 2.05) is 46.1 Å². The van der Waals surface area contributed by atoms with E-state index < -0.39 is 5.54 Å². The average Bonchev–Trinajstić information content (AvgIpc) is 3.65. The first-order valence-corrected chi connectivity index (χ1v) is 13.0. The van der Waals surface area contributed by atoms with Gasteiger partial charge in [-0.25, -0.2) is 9.67 Å². The van der Waals surface area contributed by atoms with E-state index in [1.165, 1.54) is 0 Å². The maximum atomic E-state index is 14.3. The molecule has 1 fully saturated rings. The Balaban J connectivity index is 1.59. The predicted octanol–water partition coefficient (Wildman–Crippen LogP) is 6.89. The SMILES string of the molecule is CCC(C)(C)N(Cc1ccc(Cl)cc1Cl)C(=O)c1cc(C2CC2)nc2c1cnn2Cc1cccnc1. The summed E-state index contributed by atoms with van der Waals surface area (Å²) in [6.45, 7) is 7.17. The summed E-state index contributed by atoms with van der Waals surface area (Å²) in [5.74, 6) is 0.337. The van der Waals surface area contributed by atoms with Crippen molar-refractivity contribution in [2.45, 2.75) is 64.6 Å². The molecule has 186 valence electrons. The van der Waals surface area contributed by atoms with Gasteiger partial charge in [-0.15, -0.1) is 0 Å². The van der Waals surface area contributed by atoms with Gasteiger partial charge in [-0.05, 0) is 68.5 Å². The van der Waals surface area contributed by atoms with Crippen molar-refractivity contribution >= 4 is 40.1 Å². The number of hydrogen-bond donors (Lipinski definition) is 0. The first-order chi connectivity index (χ1) is 17.3. The van der Waals surface area contributed by atoms with Crippen LogP contribution in [0.1, 0.15) is 73.1 Å². The molecule has 1 aliphatic carbocycles. The van der Waals surface area contributed by atoms with Gasteiger partial charge >= 0.3 is 0 Å². The van der Waals surface area contributed by atoms with Crippen LogP contribution in [-0.4, -0.2) is 36.1 Å². The molecule has 3 heterocycles. The molecule has 0 saturated heterocycles. The topological polar surface area (TPSA) is 63.9 Å². The van der Waals surface area contributed by atoms with E-state index in [0.717, 1.165) is 47.1 Å². The monoisotopic (exact) mass is 521 g/mol. The highest BCUT2D eigenvalue weighted by Gasteiger charge is 2.34. The number of pyridine rings is 2. The van der Waals surface area contributed by atoms with E-state index >= 15 is 0 Å². The van der Waals surface area contributed by atoms with Gasteiger partial charge in [0, 0.05) is 46.1 Å². The lowest BCUT2D eigenvalue weighted by molar-refractivity contribution is 0.0515. The Morgan fingerprint density at radius 1 is 1.17 bits per heavy atom. The molecule has 1 amide bonds. The Labute approximate surface area is 221 Å². The average molecular weight is 522 g/mol. The second-order valence-electron chi connectivity index (χ2n) is 10.1. The van der Waals surface area contributed by atoms with Crippen LogP contribution in [0.15, 0.2) is 55.0 Å². The summed E-state index contributed by atoms with van der Waals surface area (Å²) in [4.78, 5) is 25.4. The molecular formula is C28H29Cl2N5O. The quantitative estimate of drug-likeness (QED) is 0.253. The van der Waals surface area contributed by atoms with Crippen molar-refractivity contribution < 1.29 is 4.79 Å². The largest absolute Gasteiger partial charge is 0.329 e. The number of aromatic nitrogens is 4. The molecule has 1 aliphatic rings. The molecule has 0 bridgehead atoms. The third-order valence-electron chi connectivity index (χ3n) is 7.09. The van der Waals surface area contributed by atoms with Gasteiger partial charge in [0.15, 0.2) is 5.65 Å². The van der Waals surface area contributed by atoms with Crippen LogP contribution in [0.2, 0.25) is 10.0 Å². The van der Waals surface area contributed by atoms with E-state index in [0.29, 0.717) is 34.6 Å². The molecule has 0 unspecified atom stereocenters. The van der Waals surface area contributed by atoms with Crippen molar-refractivity contribution in [2.24, 2.45) is 0 Å². The summed E-state index contributed by atoms with van der Waals surface area (Å²) in [6, 6.07) is 11.3. The Morgan fingerprint density at radius 3 is 2.64 bits per heavy atom. The Hall–Kier alpha value is -2.96. The fraction of sp³-hybridized carbons (Fsp3) is 0.357. The number of halogens is 2. The van der Waals surface area contributed by atoms with E-state index in [1.54, 1.807) is 18.5 Å². The first kappa shape index (κ1) is 24.7. The zero-order valence-electron chi connectivity index (χ0n) is 20.7. The van der Waals surface area contributed by atoms with E-state index in [4.69, 9.17) is 28.2 Å². The van der Waals surface area contributed by atoms with Crippen LogP contribution in [0.4, 0.5) is 0 Å².